The summed E-state index contributed by atoms with van der Waals surface area (Å²) in [6, 6.07) is 8.67. The van der Waals surface area contributed by atoms with Gasteiger partial charge >= 0.3 is 5.69 Å². The molecule has 2 aromatic carbocycles. The van der Waals surface area contributed by atoms with Crippen LogP contribution in [-0.2, 0) is 24.4 Å². The van der Waals surface area contributed by atoms with Gasteiger partial charge in [-0.05, 0) is 29.8 Å². The zero-order chi connectivity index (χ0) is 22.1. The normalized spacial score (nSPS) is 13.3. The van der Waals surface area contributed by atoms with Crippen LogP contribution in [0.2, 0.25) is 0 Å². The Morgan fingerprint density at radius 1 is 1.03 bits per heavy atom. The van der Waals surface area contributed by atoms with Gasteiger partial charge in [-0.25, -0.2) is 22.6 Å². The van der Waals surface area contributed by atoms with Crippen LogP contribution in [0.4, 0.5) is 18.9 Å². The van der Waals surface area contributed by atoms with E-state index in [1.165, 1.54) is 29.2 Å². The second kappa shape index (κ2) is 8.09. The molecule has 0 aliphatic carbocycles. The summed E-state index contributed by atoms with van der Waals surface area (Å²) in [5, 5.41) is 6.30. The van der Waals surface area contributed by atoms with E-state index >= 15 is 0 Å². The van der Waals surface area contributed by atoms with Gasteiger partial charge in [0.25, 0.3) is 5.91 Å². The van der Waals surface area contributed by atoms with Crippen molar-refractivity contribution in [3.63, 3.8) is 0 Å². The lowest BCUT2D eigenvalue weighted by atomic mass is 10.2. The van der Waals surface area contributed by atoms with Gasteiger partial charge in [0, 0.05) is 31.4 Å². The van der Waals surface area contributed by atoms with Crippen LogP contribution in [-0.4, -0.2) is 37.6 Å². The Balaban J connectivity index is 1.48. The molecule has 4 rings (SSSR count). The van der Waals surface area contributed by atoms with Gasteiger partial charge in [0.1, 0.15) is 12.4 Å². The topological polar surface area (TPSA) is 89.2 Å². The van der Waals surface area contributed by atoms with E-state index in [4.69, 9.17) is 0 Å². The number of halogens is 3. The molecule has 160 valence electrons. The number of aromatic nitrogens is 3. The lowest BCUT2D eigenvalue weighted by molar-refractivity contribution is -0.117. The van der Waals surface area contributed by atoms with Crippen LogP contribution in [0, 0.1) is 17.5 Å². The van der Waals surface area contributed by atoms with Crippen molar-refractivity contribution in [2.75, 3.05) is 11.9 Å². The van der Waals surface area contributed by atoms with E-state index in [1.54, 1.807) is 6.07 Å². The van der Waals surface area contributed by atoms with Crippen molar-refractivity contribution in [2.45, 2.75) is 19.6 Å². The zero-order valence-corrected chi connectivity index (χ0v) is 16.0. The van der Waals surface area contributed by atoms with Crippen LogP contribution in [0.3, 0.4) is 0 Å². The van der Waals surface area contributed by atoms with Gasteiger partial charge in [0.2, 0.25) is 11.7 Å². The van der Waals surface area contributed by atoms with Crippen molar-refractivity contribution in [1.82, 2.24) is 19.2 Å². The van der Waals surface area contributed by atoms with E-state index in [1.807, 2.05) is 0 Å². The highest BCUT2D eigenvalue weighted by Gasteiger charge is 2.30. The maximum absolute atomic E-state index is 13.4. The van der Waals surface area contributed by atoms with E-state index in [9.17, 15) is 27.6 Å². The van der Waals surface area contributed by atoms with Crippen molar-refractivity contribution in [3.05, 3.63) is 81.8 Å². The average Bonchev–Trinajstić information content (AvgIpc) is 3.03. The molecule has 1 aliphatic heterocycles. The fraction of sp³-hybridized carbons (Fsp3) is 0.200. The molecule has 0 unspecified atom stereocenters. The molecule has 31 heavy (non-hydrogen) atoms. The SMILES string of the molecule is O=C(Cn1nc2n(c1=O)CCN(Cc1cccc(F)c1)C2=O)Nc1ccc(F)c(F)c1. The highest BCUT2D eigenvalue weighted by atomic mass is 19.2. The number of carbonyl (C=O) groups excluding carboxylic acids is 2. The fourth-order valence-corrected chi connectivity index (χ4v) is 3.28. The van der Waals surface area contributed by atoms with Crippen molar-refractivity contribution in [3.8, 4) is 0 Å². The predicted molar refractivity (Wildman–Crippen MR) is 103 cm³/mol. The number of amides is 2. The molecule has 0 bridgehead atoms. The molecule has 1 aliphatic rings. The third-order valence-corrected chi connectivity index (χ3v) is 4.75. The monoisotopic (exact) mass is 431 g/mol. The Labute approximate surface area is 173 Å². The van der Waals surface area contributed by atoms with Crippen LogP contribution in [0.5, 0.6) is 0 Å². The summed E-state index contributed by atoms with van der Waals surface area (Å²) >= 11 is 0. The molecule has 0 atom stereocenters. The van der Waals surface area contributed by atoms with Gasteiger partial charge in [-0.15, -0.1) is 5.10 Å². The first-order valence-electron chi connectivity index (χ1n) is 9.28. The molecule has 0 radical (unpaired) electrons. The van der Waals surface area contributed by atoms with Gasteiger partial charge in [0.05, 0.1) is 0 Å². The number of anilines is 1. The van der Waals surface area contributed by atoms with E-state index in [0.29, 0.717) is 5.56 Å². The Morgan fingerprint density at radius 3 is 2.58 bits per heavy atom. The number of nitrogens with zero attached hydrogens (tertiary/aromatic N) is 4. The molecule has 11 heteroatoms. The summed E-state index contributed by atoms with van der Waals surface area (Å²) in [4.78, 5) is 38.9. The Morgan fingerprint density at radius 2 is 1.84 bits per heavy atom. The zero-order valence-electron chi connectivity index (χ0n) is 16.0. The third kappa shape index (κ3) is 4.20. The smallest absolute Gasteiger partial charge is 0.330 e. The minimum atomic E-state index is -1.13. The van der Waals surface area contributed by atoms with Gasteiger partial charge in [-0.3, -0.25) is 14.2 Å². The number of hydrogen-bond donors (Lipinski definition) is 1. The average molecular weight is 431 g/mol. The number of hydrogen-bond acceptors (Lipinski definition) is 4. The van der Waals surface area contributed by atoms with Crippen LogP contribution in [0.15, 0.2) is 47.3 Å². The molecule has 8 nitrogen and oxygen atoms in total. The third-order valence-electron chi connectivity index (χ3n) is 4.75. The molecular weight excluding hydrogens is 415 g/mol. The van der Waals surface area contributed by atoms with Crippen LogP contribution in [0.1, 0.15) is 16.2 Å². The van der Waals surface area contributed by atoms with Gasteiger partial charge in [-0.2, -0.15) is 0 Å². The van der Waals surface area contributed by atoms with E-state index in [-0.39, 0.29) is 31.1 Å². The molecule has 3 aromatic rings. The summed E-state index contributed by atoms with van der Waals surface area (Å²) < 4.78 is 41.6. The van der Waals surface area contributed by atoms with Crippen molar-refractivity contribution >= 4 is 17.5 Å². The van der Waals surface area contributed by atoms with Crippen molar-refractivity contribution in [1.29, 1.82) is 0 Å². The summed E-state index contributed by atoms with van der Waals surface area (Å²) in [5.41, 5.74) is -0.0399. The van der Waals surface area contributed by atoms with Gasteiger partial charge in [0.15, 0.2) is 11.6 Å². The molecule has 0 spiro atoms. The quantitative estimate of drug-likeness (QED) is 0.667. The fourth-order valence-electron chi connectivity index (χ4n) is 3.28. The van der Waals surface area contributed by atoms with E-state index < -0.39 is 41.5 Å². The van der Waals surface area contributed by atoms with Crippen molar-refractivity contribution < 1.29 is 22.8 Å². The van der Waals surface area contributed by atoms with Crippen LogP contribution >= 0.6 is 0 Å². The minimum Gasteiger partial charge on any atom is -0.330 e. The largest absolute Gasteiger partial charge is 0.346 e. The van der Waals surface area contributed by atoms with Crippen LogP contribution in [0.25, 0.3) is 0 Å². The first-order chi connectivity index (χ1) is 14.8. The Kier molecular flexibility index (Phi) is 5.32. The number of fused-ring (bicyclic) bond motifs is 1. The van der Waals surface area contributed by atoms with E-state index in [2.05, 4.69) is 10.4 Å². The Hall–Kier alpha value is -3.89. The maximum atomic E-state index is 13.4. The summed E-state index contributed by atoms with van der Waals surface area (Å²) in [7, 11) is 0. The number of nitrogens with one attached hydrogen (secondary N) is 1. The standard InChI is InChI=1S/C20H16F3N5O3/c21-13-3-1-2-12(8-13)10-26-6-7-27-18(19(26)30)25-28(20(27)31)11-17(29)24-14-4-5-15(22)16(23)9-14/h1-5,8-9H,6-7,10-11H2,(H,24,29). The number of carbonyl (C=O) groups is 2. The first kappa shape index (κ1) is 20.4. The molecule has 1 N–H and O–H groups in total. The lowest BCUT2D eigenvalue weighted by Crippen LogP contribution is -2.42. The lowest BCUT2D eigenvalue weighted by Gasteiger charge is -2.26. The highest BCUT2D eigenvalue weighted by Crippen LogP contribution is 2.15. The molecule has 2 amide bonds. The number of rotatable bonds is 5. The highest BCUT2D eigenvalue weighted by molar-refractivity contribution is 5.92. The van der Waals surface area contributed by atoms with Gasteiger partial charge in [-0.1, -0.05) is 12.1 Å². The Bertz CT molecular complexity index is 1240. The molecule has 2 heterocycles. The van der Waals surface area contributed by atoms with Crippen LogP contribution < -0.4 is 11.0 Å². The number of benzene rings is 2. The molecule has 0 saturated heterocycles. The van der Waals surface area contributed by atoms with E-state index in [0.717, 1.165) is 21.4 Å². The second-order valence-electron chi connectivity index (χ2n) is 6.95. The summed E-state index contributed by atoms with van der Waals surface area (Å²) in [5.74, 6) is -3.96. The molecule has 0 fully saturated rings. The molecular formula is C20H16F3N5O3. The molecule has 0 saturated carbocycles. The minimum absolute atomic E-state index is 0.0123. The van der Waals surface area contributed by atoms with Crippen molar-refractivity contribution in [2.24, 2.45) is 0 Å². The molecule has 1 aromatic heterocycles. The predicted octanol–water partition coefficient (Wildman–Crippen LogP) is 1.76. The first-order valence-corrected chi connectivity index (χ1v) is 9.28. The summed E-state index contributed by atoms with van der Waals surface area (Å²) in [6.07, 6.45) is 0. The van der Waals surface area contributed by atoms with Gasteiger partial charge < -0.3 is 10.2 Å². The second-order valence-corrected chi connectivity index (χ2v) is 6.95. The maximum Gasteiger partial charge on any atom is 0.346 e. The summed E-state index contributed by atoms with van der Waals surface area (Å²) in [6.45, 7) is 0.0122.